The van der Waals surface area contributed by atoms with Crippen LogP contribution in [-0.4, -0.2) is 46.9 Å². The number of benzene rings is 2. The number of rotatable bonds is 5. The monoisotopic (exact) mass is 460 g/mol. The summed E-state index contributed by atoms with van der Waals surface area (Å²) in [6, 6.07) is 13.0. The minimum atomic E-state index is -0.719. The maximum absolute atomic E-state index is 13.4. The highest BCUT2D eigenvalue weighted by atomic mass is 16.5. The van der Waals surface area contributed by atoms with E-state index in [9.17, 15) is 14.7 Å². The van der Waals surface area contributed by atoms with Crippen LogP contribution in [0, 0.1) is 13.8 Å². The first-order chi connectivity index (χ1) is 16.1. The van der Waals surface area contributed by atoms with E-state index in [2.05, 4.69) is 25.8 Å². The quantitative estimate of drug-likeness (QED) is 0.313. The lowest BCUT2D eigenvalue weighted by molar-refractivity contribution is -0.140. The van der Waals surface area contributed by atoms with Gasteiger partial charge in [0.15, 0.2) is 0 Å². The van der Waals surface area contributed by atoms with Crippen molar-refractivity contribution in [2.75, 3.05) is 20.3 Å². The second kappa shape index (κ2) is 8.76. The number of aromatic amines is 1. The van der Waals surface area contributed by atoms with Gasteiger partial charge in [-0.15, -0.1) is 0 Å². The molecule has 0 bridgehead atoms. The smallest absolute Gasteiger partial charge is 0.295 e. The molecular weight excluding hydrogens is 428 g/mol. The summed E-state index contributed by atoms with van der Waals surface area (Å²) in [7, 11) is 1.56. The van der Waals surface area contributed by atoms with Gasteiger partial charge in [-0.2, -0.15) is 0 Å². The van der Waals surface area contributed by atoms with Crippen molar-refractivity contribution >= 4 is 28.4 Å². The van der Waals surface area contributed by atoms with Crippen LogP contribution >= 0.6 is 0 Å². The molecule has 3 aromatic rings. The lowest BCUT2D eigenvalue weighted by atomic mass is 9.84. The molecule has 1 atom stereocenters. The van der Waals surface area contributed by atoms with Gasteiger partial charge in [0.05, 0.1) is 18.2 Å². The number of carbonyl (C=O) groups is 2. The molecule has 2 heterocycles. The van der Waals surface area contributed by atoms with Crippen LogP contribution in [-0.2, 0) is 19.7 Å². The molecule has 1 fully saturated rings. The first-order valence-corrected chi connectivity index (χ1v) is 11.5. The van der Waals surface area contributed by atoms with E-state index < -0.39 is 17.7 Å². The van der Waals surface area contributed by atoms with E-state index in [1.807, 2.05) is 56.3 Å². The summed E-state index contributed by atoms with van der Waals surface area (Å²) in [6.07, 6.45) is 0. The van der Waals surface area contributed by atoms with Gasteiger partial charge >= 0.3 is 0 Å². The number of aryl methyl sites for hydroxylation is 2. The molecule has 1 saturated heterocycles. The van der Waals surface area contributed by atoms with Crippen LogP contribution < -0.4 is 0 Å². The van der Waals surface area contributed by atoms with Crippen LogP contribution in [0.4, 0.5) is 0 Å². The minimum Gasteiger partial charge on any atom is -0.507 e. The van der Waals surface area contributed by atoms with E-state index >= 15 is 0 Å². The molecule has 6 nitrogen and oxygen atoms in total. The minimum absolute atomic E-state index is 0.114. The number of nitrogens with zero attached hydrogens (tertiary/aromatic N) is 1. The number of aromatic nitrogens is 1. The number of methoxy groups -OCH3 is 1. The highest BCUT2D eigenvalue weighted by Gasteiger charge is 2.47. The van der Waals surface area contributed by atoms with E-state index in [4.69, 9.17) is 4.74 Å². The molecule has 2 N–H and O–H groups in total. The van der Waals surface area contributed by atoms with Crippen LogP contribution in [0.1, 0.15) is 54.8 Å². The third-order valence-corrected chi connectivity index (χ3v) is 6.65. The van der Waals surface area contributed by atoms with Gasteiger partial charge in [-0.25, -0.2) is 0 Å². The lowest BCUT2D eigenvalue weighted by Gasteiger charge is -2.26. The van der Waals surface area contributed by atoms with E-state index in [-0.39, 0.29) is 29.9 Å². The van der Waals surface area contributed by atoms with Crippen LogP contribution in [0.3, 0.4) is 0 Å². The third kappa shape index (κ3) is 3.92. The molecule has 1 aromatic heterocycles. The normalized spacial score (nSPS) is 18.3. The summed E-state index contributed by atoms with van der Waals surface area (Å²) < 4.78 is 5.23. The van der Waals surface area contributed by atoms with Gasteiger partial charge in [-0.1, -0.05) is 51.1 Å². The van der Waals surface area contributed by atoms with Crippen molar-refractivity contribution < 1.29 is 19.4 Å². The van der Waals surface area contributed by atoms with E-state index in [0.717, 1.165) is 33.3 Å². The maximum atomic E-state index is 13.4. The predicted octanol–water partition coefficient (Wildman–Crippen LogP) is 5.15. The number of likely N-dealkylation sites (tertiary alicyclic amines) is 1. The Labute approximate surface area is 200 Å². The Kier molecular flexibility index (Phi) is 6.13. The molecule has 1 amide bonds. The Bertz CT molecular complexity index is 1310. The Morgan fingerprint density at radius 2 is 1.82 bits per heavy atom. The van der Waals surface area contributed by atoms with Crippen molar-refractivity contribution in [1.82, 2.24) is 9.88 Å². The number of aliphatic hydroxyl groups excluding tert-OH is 1. The Balaban J connectivity index is 2.00. The molecular formula is C28H32N2O4. The fourth-order valence-electron chi connectivity index (χ4n) is 4.74. The summed E-state index contributed by atoms with van der Waals surface area (Å²) in [5.74, 6) is -1.45. The van der Waals surface area contributed by atoms with E-state index in [1.165, 1.54) is 4.90 Å². The predicted molar refractivity (Wildman–Crippen MR) is 134 cm³/mol. The highest BCUT2D eigenvalue weighted by molar-refractivity contribution is 6.46. The number of nitrogens with one attached hydrogen (secondary N) is 1. The highest BCUT2D eigenvalue weighted by Crippen LogP contribution is 2.43. The van der Waals surface area contributed by atoms with Gasteiger partial charge in [0.25, 0.3) is 11.7 Å². The number of para-hydroxylation sites is 1. The zero-order chi connectivity index (χ0) is 24.8. The SMILES string of the molecule is COCCN1C(=O)C(=O)/C(=C(/O)c2cc(C(C)(C)C)ccc2C)C1c1c(C)[nH]c2ccccc12. The molecule has 1 unspecified atom stereocenters. The van der Waals surface area contributed by atoms with Crippen LogP contribution in [0.25, 0.3) is 16.7 Å². The number of fused-ring (bicyclic) bond motifs is 1. The summed E-state index contributed by atoms with van der Waals surface area (Å²) in [5.41, 5.74) is 5.00. The molecule has 6 heteroatoms. The summed E-state index contributed by atoms with van der Waals surface area (Å²) in [4.78, 5) is 31.4. The number of ether oxygens (including phenoxy) is 1. The van der Waals surface area contributed by atoms with Crippen molar-refractivity contribution in [2.24, 2.45) is 0 Å². The van der Waals surface area contributed by atoms with Gasteiger partial charge in [0, 0.05) is 41.4 Å². The molecule has 0 radical (unpaired) electrons. The summed E-state index contributed by atoms with van der Waals surface area (Å²) in [6.45, 7) is 10.6. The van der Waals surface area contributed by atoms with Gasteiger partial charge in [-0.05, 0) is 42.5 Å². The van der Waals surface area contributed by atoms with Crippen molar-refractivity contribution in [3.05, 3.63) is 76.0 Å². The van der Waals surface area contributed by atoms with Crippen LogP contribution in [0.2, 0.25) is 0 Å². The van der Waals surface area contributed by atoms with Gasteiger partial charge in [0.1, 0.15) is 5.76 Å². The molecule has 0 saturated carbocycles. The Morgan fingerprint density at radius 1 is 1.12 bits per heavy atom. The number of Topliss-reactive ketones (excluding diaryl/α,β-unsaturated/α-hetero) is 1. The Hall–Kier alpha value is -3.38. The number of hydrogen-bond acceptors (Lipinski definition) is 4. The summed E-state index contributed by atoms with van der Waals surface area (Å²) >= 11 is 0. The van der Waals surface area contributed by atoms with Crippen molar-refractivity contribution in [3.63, 3.8) is 0 Å². The average molecular weight is 461 g/mol. The first kappa shape index (κ1) is 23.8. The number of carbonyl (C=O) groups excluding carboxylic acids is 2. The van der Waals surface area contributed by atoms with Crippen LogP contribution in [0.15, 0.2) is 48.0 Å². The standard InChI is InChI=1S/C28H32N2O4/c1-16-11-12-18(28(3,4)5)15-20(16)25(31)23-24(30(13-14-34-6)27(33)26(23)32)22-17(2)29-21-10-8-7-9-19(21)22/h7-12,15,24,29,31H,13-14H2,1-6H3/b25-23+. The largest absolute Gasteiger partial charge is 0.507 e. The molecule has 1 aliphatic rings. The number of H-pyrrole nitrogens is 1. The fraction of sp³-hybridized carbons (Fsp3) is 0.357. The number of aliphatic hydroxyl groups is 1. The second-order valence-electron chi connectivity index (χ2n) is 9.97. The molecule has 1 aliphatic heterocycles. The maximum Gasteiger partial charge on any atom is 0.295 e. The lowest BCUT2D eigenvalue weighted by Crippen LogP contribution is -2.32. The van der Waals surface area contributed by atoms with E-state index in [0.29, 0.717) is 5.56 Å². The number of amides is 1. The van der Waals surface area contributed by atoms with Crippen molar-refractivity contribution in [2.45, 2.75) is 46.1 Å². The zero-order valence-corrected chi connectivity index (χ0v) is 20.7. The molecule has 0 aliphatic carbocycles. The fourth-order valence-corrected chi connectivity index (χ4v) is 4.74. The zero-order valence-electron chi connectivity index (χ0n) is 20.7. The van der Waals surface area contributed by atoms with Gasteiger partial charge < -0.3 is 19.7 Å². The molecule has 4 rings (SSSR count). The van der Waals surface area contributed by atoms with E-state index in [1.54, 1.807) is 7.11 Å². The van der Waals surface area contributed by atoms with Gasteiger partial charge in [0.2, 0.25) is 0 Å². The number of hydrogen-bond donors (Lipinski definition) is 2. The molecule has 0 spiro atoms. The van der Waals surface area contributed by atoms with Crippen LogP contribution in [0.5, 0.6) is 0 Å². The average Bonchev–Trinajstić information content (AvgIpc) is 3.23. The molecule has 2 aromatic carbocycles. The van der Waals surface area contributed by atoms with Crippen molar-refractivity contribution in [3.8, 4) is 0 Å². The topological polar surface area (TPSA) is 82.6 Å². The number of ketones is 1. The first-order valence-electron chi connectivity index (χ1n) is 11.5. The van der Waals surface area contributed by atoms with Gasteiger partial charge in [-0.3, -0.25) is 9.59 Å². The summed E-state index contributed by atoms with van der Waals surface area (Å²) in [5, 5.41) is 12.5. The second-order valence-corrected chi connectivity index (χ2v) is 9.97. The molecule has 178 valence electrons. The Morgan fingerprint density at radius 3 is 2.50 bits per heavy atom. The third-order valence-electron chi connectivity index (χ3n) is 6.65. The van der Waals surface area contributed by atoms with Crippen molar-refractivity contribution in [1.29, 1.82) is 0 Å². The molecule has 34 heavy (non-hydrogen) atoms.